The molecule has 0 aliphatic heterocycles. The molecular formula is C25H24FN3O3S. The number of nitriles is 1. The summed E-state index contributed by atoms with van der Waals surface area (Å²) in [4.78, 5) is 16.9. The monoisotopic (exact) mass is 465 g/mol. The van der Waals surface area contributed by atoms with Crippen LogP contribution in [0.15, 0.2) is 30.3 Å². The van der Waals surface area contributed by atoms with Crippen molar-refractivity contribution < 1.29 is 17.6 Å². The summed E-state index contributed by atoms with van der Waals surface area (Å²) in [6.07, 6.45) is 8.32. The van der Waals surface area contributed by atoms with Gasteiger partial charge in [-0.25, -0.2) is 12.8 Å². The van der Waals surface area contributed by atoms with Crippen LogP contribution in [0.3, 0.4) is 0 Å². The number of carbonyl (C=O) groups excluding carboxylic acids is 1. The largest absolute Gasteiger partial charge is 0.299 e. The number of carbonyl (C=O) groups is 1. The smallest absolute Gasteiger partial charge is 0.233 e. The Morgan fingerprint density at radius 1 is 1.27 bits per heavy atom. The number of nitrogens with zero attached hydrogens (tertiary/aromatic N) is 2. The average molecular weight is 466 g/mol. The number of anilines is 1. The van der Waals surface area contributed by atoms with E-state index in [4.69, 9.17) is 5.26 Å². The molecule has 1 aromatic carbocycles. The number of hydrogen-bond donors (Lipinski definition) is 1. The summed E-state index contributed by atoms with van der Waals surface area (Å²) in [5, 5.41) is 8.92. The van der Waals surface area contributed by atoms with Gasteiger partial charge in [0, 0.05) is 36.4 Å². The molecule has 0 radical (unpaired) electrons. The van der Waals surface area contributed by atoms with Gasteiger partial charge in [0.05, 0.1) is 23.2 Å². The van der Waals surface area contributed by atoms with E-state index >= 15 is 0 Å². The second-order valence-corrected chi connectivity index (χ2v) is 11.2. The maximum Gasteiger partial charge on any atom is 0.233 e. The fourth-order valence-electron chi connectivity index (χ4n) is 4.44. The van der Waals surface area contributed by atoms with Crippen LogP contribution in [0.4, 0.5) is 10.1 Å². The molecule has 3 aliphatic carbocycles. The first-order chi connectivity index (χ1) is 15.8. The number of sulfonamides is 1. The van der Waals surface area contributed by atoms with Gasteiger partial charge in [0.25, 0.3) is 0 Å². The van der Waals surface area contributed by atoms with E-state index in [1.165, 1.54) is 12.1 Å². The number of Topliss-reactive ketones (excluding diaryl/α,β-unsaturated/α-hetero) is 1. The SMILES string of the molecule is N#CCC1(CS(=O)(=O)Nc2ccc(-c3cc(CC(=O)C4CC4)nc4c3C=CC4)cc2F)CC1. The van der Waals surface area contributed by atoms with Crippen molar-refractivity contribution in [3.63, 3.8) is 0 Å². The van der Waals surface area contributed by atoms with Crippen LogP contribution >= 0.6 is 0 Å². The Hall–Kier alpha value is -3.05. The Kier molecular flexibility index (Phi) is 5.32. The number of ketones is 1. The minimum atomic E-state index is -3.78. The van der Waals surface area contributed by atoms with Crippen molar-refractivity contribution in [3.05, 3.63) is 53.1 Å². The second-order valence-electron chi connectivity index (χ2n) is 9.44. The fourth-order valence-corrected chi connectivity index (χ4v) is 6.21. The number of rotatable bonds is 9. The van der Waals surface area contributed by atoms with Gasteiger partial charge in [0.1, 0.15) is 11.6 Å². The zero-order valence-corrected chi connectivity index (χ0v) is 18.9. The minimum Gasteiger partial charge on any atom is -0.299 e. The Morgan fingerprint density at radius 2 is 2.06 bits per heavy atom. The number of nitrogens with one attached hydrogen (secondary N) is 1. The van der Waals surface area contributed by atoms with Crippen LogP contribution < -0.4 is 4.72 Å². The molecule has 2 fully saturated rings. The summed E-state index contributed by atoms with van der Waals surface area (Å²) >= 11 is 0. The van der Waals surface area contributed by atoms with E-state index in [0.29, 0.717) is 30.5 Å². The lowest BCUT2D eigenvalue weighted by Gasteiger charge is -2.15. The van der Waals surface area contributed by atoms with Gasteiger partial charge < -0.3 is 0 Å². The summed E-state index contributed by atoms with van der Waals surface area (Å²) in [5.74, 6) is -0.519. The average Bonchev–Trinajstić information content (AvgIpc) is 3.68. The zero-order valence-electron chi connectivity index (χ0n) is 18.1. The Bertz CT molecular complexity index is 1320. The molecule has 0 bridgehead atoms. The first kappa shape index (κ1) is 21.8. The summed E-state index contributed by atoms with van der Waals surface area (Å²) in [6.45, 7) is 0. The third kappa shape index (κ3) is 4.69. The van der Waals surface area contributed by atoms with Crippen molar-refractivity contribution in [2.45, 2.75) is 44.9 Å². The van der Waals surface area contributed by atoms with Gasteiger partial charge in [-0.1, -0.05) is 18.2 Å². The molecule has 2 saturated carbocycles. The Morgan fingerprint density at radius 3 is 2.73 bits per heavy atom. The van der Waals surface area contributed by atoms with Gasteiger partial charge in [-0.3, -0.25) is 14.5 Å². The molecular weight excluding hydrogens is 441 g/mol. The van der Waals surface area contributed by atoms with Gasteiger partial charge in [-0.15, -0.1) is 0 Å². The molecule has 1 N–H and O–H groups in total. The lowest BCUT2D eigenvalue weighted by atomic mass is 9.97. The molecule has 0 amide bonds. The van der Waals surface area contributed by atoms with Crippen LogP contribution in [0.25, 0.3) is 17.2 Å². The van der Waals surface area contributed by atoms with Gasteiger partial charge in [0.15, 0.2) is 0 Å². The molecule has 0 unspecified atom stereocenters. The first-order valence-electron chi connectivity index (χ1n) is 11.2. The topological polar surface area (TPSA) is 99.9 Å². The first-order valence-corrected chi connectivity index (χ1v) is 12.8. The van der Waals surface area contributed by atoms with Crippen molar-refractivity contribution >= 4 is 27.6 Å². The maximum absolute atomic E-state index is 15.0. The molecule has 5 rings (SSSR count). The fraction of sp³-hybridized carbons (Fsp3) is 0.400. The van der Waals surface area contributed by atoms with Gasteiger partial charge >= 0.3 is 0 Å². The highest BCUT2D eigenvalue weighted by atomic mass is 32.2. The molecule has 6 nitrogen and oxygen atoms in total. The van der Waals surface area contributed by atoms with Crippen molar-refractivity contribution in [2.24, 2.45) is 11.3 Å². The number of pyridine rings is 1. The molecule has 170 valence electrons. The maximum atomic E-state index is 15.0. The number of aromatic nitrogens is 1. The zero-order chi connectivity index (χ0) is 23.2. The van der Waals surface area contributed by atoms with E-state index in [0.717, 1.165) is 29.7 Å². The molecule has 1 aromatic heterocycles. The van der Waals surface area contributed by atoms with Crippen molar-refractivity contribution in [1.29, 1.82) is 5.26 Å². The third-order valence-corrected chi connectivity index (χ3v) is 8.15. The minimum absolute atomic E-state index is 0.114. The predicted octanol–water partition coefficient (Wildman–Crippen LogP) is 4.41. The van der Waals surface area contributed by atoms with Crippen LogP contribution in [0.2, 0.25) is 0 Å². The van der Waals surface area contributed by atoms with E-state index < -0.39 is 21.3 Å². The molecule has 0 saturated heterocycles. The molecule has 33 heavy (non-hydrogen) atoms. The Balaban J connectivity index is 1.40. The van der Waals surface area contributed by atoms with E-state index in [1.54, 1.807) is 6.07 Å². The number of allylic oxidation sites excluding steroid dienone is 1. The van der Waals surface area contributed by atoms with Crippen LogP contribution in [-0.4, -0.2) is 24.9 Å². The van der Waals surface area contributed by atoms with Gasteiger partial charge in [-0.2, -0.15) is 5.26 Å². The highest BCUT2D eigenvalue weighted by Crippen LogP contribution is 2.49. The number of fused-ring (bicyclic) bond motifs is 1. The van der Waals surface area contributed by atoms with E-state index in [9.17, 15) is 17.6 Å². The van der Waals surface area contributed by atoms with Crippen LogP contribution in [0, 0.1) is 28.5 Å². The molecule has 0 atom stereocenters. The highest BCUT2D eigenvalue weighted by Gasteiger charge is 2.46. The lowest BCUT2D eigenvalue weighted by Crippen LogP contribution is -2.24. The molecule has 3 aliphatic rings. The van der Waals surface area contributed by atoms with Crippen LogP contribution in [-0.2, 0) is 27.7 Å². The highest BCUT2D eigenvalue weighted by molar-refractivity contribution is 7.92. The van der Waals surface area contributed by atoms with E-state index in [2.05, 4.69) is 9.71 Å². The van der Waals surface area contributed by atoms with Gasteiger partial charge in [-0.05, 0) is 60.4 Å². The number of halogens is 1. The summed E-state index contributed by atoms with van der Waals surface area (Å²) in [7, 11) is -3.78. The van der Waals surface area contributed by atoms with Crippen molar-refractivity contribution in [1.82, 2.24) is 4.98 Å². The van der Waals surface area contributed by atoms with Crippen LogP contribution in [0.1, 0.15) is 49.1 Å². The van der Waals surface area contributed by atoms with E-state index in [1.807, 2.05) is 24.3 Å². The summed E-state index contributed by atoms with van der Waals surface area (Å²) < 4.78 is 42.4. The molecule has 2 aromatic rings. The lowest BCUT2D eigenvalue weighted by molar-refractivity contribution is -0.119. The molecule has 1 heterocycles. The number of benzene rings is 1. The van der Waals surface area contributed by atoms with Gasteiger partial charge in [0.2, 0.25) is 10.0 Å². The summed E-state index contributed by atoms with van der Waals surface area (Å²) in [5.41, 5.74) is 3.21. The van der Waals surface area contributed by atoms with Crippen LogP contribution in [0.5, 0.6) is 0 Å². The third-order valence-electron chi connectivity index (χ3n) is 6.63. The van der Waals surface area contributed by atoms with E-state index in [-0.39, 0.29) is 36.0 Å². The standard InChI is InChI=1S/C25H24FN3O3S/c26-21-12-17(6-7-23(21)29-33(31,32)15-25(8-9-25)10-11-27)20-13-18(14-24(30)16-4-5-16)28-22-3-1-2-19(20)22/h1-2,6-7,12-13,16,29H,3-5,8-10,14-15H2. The quantitative estimate of drug-likeness (QED) is 0.591. The predicted molar refractivity (Wildman–Crippen MR) is 123 cm³/mol. The second kappa shape index (κ2) is 8.07. The number of hydrogen-bond acceptors (Lipinski definition) is 5. The van der Waals surface area contributed by atoms with Crippen molar-refractivity contribution in [2.75, 3.05) is 10.5 Å². The summed E-state index contributed by atoms with van der Waals surface area (Å²) in [6, 6.07) is 8.30. The Labute approximate surface area is 192 Å². The molecule has 8 heteroatoms. The molecule has 0 spiro atoms. The normalized spacial score (nSPS) is 17.9. The van der Waals surface area contributed by atoms with Crippen molar-refractivity contribution in [3.8, 4) is 17.2 Å².